The number of pyridine rings is 1. The van der Waals surface area contributed by atoms with Gasteiger partial charge in [-0.3, -0.25) is 4.79 Å². The van der Waals surface area contributed by atoms with Crippen LogP contribution in [0.5, 0.6) is 11.8 Å². The number of hydrogen-bond acceptors (Lipinski definition) is 6. The van der Waals surface area contributed by atoms with Crippen LogP contribution in [0, 0.1) is 0 Å². The summed E-state index contributed by atoms with van der Waals surface area (Å²) in [5, 5.41) is 12.4. The van der Waals surface area contributed by atoms with Gasteiger partial charge < -0.3 is 24.9 Å². The Balaban J connectivity index is 1.86. The SMILES string of the molecule is COc1ccc(C(=O)Nc2ccc3nc(C(C)O)[nH]c3c2)c(OC)n1. The van der Waals surface area contributed by atoms with E-state index in [-0.39, 0.29) is 17.4 Å². The Bertz CT molecular complexity index is 920. The van der Waals surface area contributed by atoms with Crippen molar-refractivity contribution in [1.29, 1.82) is 0 Å². The van der Waals surface area contributed by atoms with Crippen molar-refractivity contribution in [2.45, 2.75) is 13.0 Å². The molecule has 130 valence electrons. The molecule has 0 saturated carbocycles. The van der Waals surface area contributed by atoms with Crippen LogP contribution in [0.1, 0.15) is 29.2 Å². The maximum Gasteiger partial charge on any atom is 0.261 e. The molecule has 1 aromatic carbocycles. The fourth-order valence-corrected chi connectivity index (χ4v) is 2.37. The van der Waals surface area contributed by atoms with Crippen LogP contribution in [0.3, 0.4) is 0 Å². The molecule has 3 rings (SSSR count). The fraction of sp³-hybridized carbons (Fsp3) is 0.235. The molecule has 3 N–H and O–H groups in total. The Morgan fingerprint density at radius 3 is 2.68 bits per heavy atom. The maximum absolute atomic E-state index is 12.5. The van der Waals surface area contributed by atoms with Crippen LogP contribution in [0.2, 0.25) is 0 Å². The van der Waals surface area contributed by atoms with Crippen molar-refractivity contribution in [2.24, 2.45) is 0 Å². The van der Waals surface area contributed by atoms with Crippen LogP contribution >= 0.6 is 0 Å². The molecular formula is C17H18N4O4. The number of H-pyrrole nitrogens is 1. The third kappa shape index (κ3) is 3.38. The number of aromatic nitrogens is 3. The summed E-state index contributed by atoms with van der Waals surface area (Å²) in [6.45, 7) is 1.63. The number of nitrogens with one attached hydrogen (secondary N) is 2. The van der Waals surface area contributed by atoms with E-state index in [1.165, 1.54) is 14.2 Å². The summed E-state index contributed by atoms with van der Waals surface area (Å²) in [5.41, 5.74) is 2.29. The molecule has 0 spiro atoms. The summed E-state index contributed by atoms with van der Waals surface area (Å²) in [6, 6.07) is 8.41. The lowest BCUT2D eigenvalue weighted by Crippen LogP contribution is -2.14. The lowest BCUT2D eigenvalue weighted by Gasteiger charge is -2.09. The number of aromatic amines is 1. The van der Waals surface area contributed by atoms with Gasteiger partial charge >= 0.3 is 0 Å². The number of carbonyl (C=O) groups excluding carboxylic acids is 1. The van der Waals surface area contributed by atoms with E-state index >= 15 is 0 Å². The number of hydrogen-bond donors (Lipinski definition) is 3. The zero-order valence-electron chi connectivity index (χ0n) is 14.0. The highest BCUT2D eigenvalue weighted by molar-refractivity contribution is 6.06. The average molecular weight is 342 g/mol. The lowest BCUT2D eigenvalue weighted by molar-refractivity contribution is 0.102. The lowest BCUT2D eigenvalue weighted by atomic mass is 10.2. The number of nitrogens with zero attached hydrogens (tertiary/aromatic N) is 2. The topological polar surface area (TPSA) is 109 Å². The zero-order chi connectivity index (χ0) is 18.0. The van der Waals surface area contributed by atoms with Gasteiger partial charge in [-0.15, -0.1) is 0 Å². The van der Waals surface area contributed by atoms with E-state index in [9.17, 15) is 9.90 Å². The molecule has 0 aliphatic carbocycles. The minimum atomic E-state index is -0.694. The van der Waals surface area contributed by atoms with Crippen molar-refractivity contribution in [3.8, 4) is 11.8 Å². The van der Waals surface area contributed by atoms with Gasteiger partial charge in [-0.1, -0.05) is 0 Å². The maximum atomic E-state index is 12.5. The second-order valence-corrected chi connectivity index (χ2v) is 5.39. The molecule has 25 heavy (non-hydrogen) atoms. The average Bonchev–Trinajstić information content (AvgIpc) is 3.04. The predicted molar refractivity (Wildman–Crippen MR) is 92.0 cm³/mol. The molecule has 2 heterocycles. The number of aliphatic hydroxyl groups excluding tert-OH is 1. The number of imidazole rings is 1. The number of benzene rings is 1. The molecule has 3 aromatic rings. The van der Waals surface area contributed by atoms with E-state index in [1.807, 2.05) is 0 Å². The van der Waals surface area contributed by atoms with Crippen LogP contribution in [0.25, 0.3) is 11.0 Å². The van der Waals surface area contributed by atoms with Gasteiger partial charge in [0.2, 0.25) is 11.8 Å². The van der Waals surface area contributed by atoms with Crippen molar-refractivity contribution >= 4 is 22.6 Å². The first-order valence-corrected chi connectivity index (χ1v) is 7.60. The first-order chi connectivity index (χ1) is 12.0. The van der Waals surface area contributed by atoms with Crippen LogP contribution in [-0.2, 0) is 0 Å². The molecule has 0 saturated heterocycles. The first kappa shape index (κ1) is 16.7. The molecule has 2 aromatic heterocycles. The van der Waals surface area contributed by atoms with E-state index in [0.717, 1.165) is 0 Å². The quantitative estimate of drug-likeness (QED) is 0.656. The van der Waals surface area contributed by atoms with Gasteiger partial charge in [0, 0.05) is 11.8 Å². The summed E-state index contributed by atoms with van der Waals surface area (Å²) in [6.07, 6.45) is -0.694. The van der Waals surface area contributed by atoms with E-state index in [2.05, 4.69) is 20.3 Å². The molecular weight excluding hydrogens is 324 g/mol. The summed E-state index contributed by atoms with van der Waals surface area (Å²) in [4.78, 5) is 23.9. The third-order valence-electron chi connectivity index (χ3n) is 3.64. The number of amides is 1. The van der Waals surface area contributed by atoms with Gasteiger partial charge in [0.1, 0.15) is 17.5 Å². The number of aliphatic hydroxyl groups is 1. The summed E-state index contributed by atoms with van der Waals surface area (Å²) < 4.78 is 10.2. The van der Waals surface area contributed by atoms with E-state index < -0.39 is 6.10 Å². The van der Waals surface area contributed by atoms with Crippen molar-refractivity contribution in [2.75, 3.05) is 19.5 Å². The van der Waals surface area contributed by atoms with Gasteiger partial charge in [0.15, 0.2) is 0 Å². The van der Waals surface area contributed by atoms with Crippen LogP contribution in [0.15, 0.2) is 30.3 Å². The number of methoxy groups -OCH3 is 2. The molecule has 8 heteroatoms. The van der Waals surface area contributed by atoms with Gasteiger partial charge in [0.25, 0.3) is 5.91 Å². The first-order valence-electron chi connectivity index (χ1n) is 7.60. The van der Waals surface area contributed by atoms with Crippen molar-refractivity contribution in [3.63, 3.8) is 0 Å². The van der Waals surface area contributed by atoms with Crippen molar-refractivity contribution < 1.29 is 19.4 Å². The number of fused-ring (bicyclic) bond motifs is 1. The minimum absolute atomic E-state index is 0.177. The molecule has 1 unspecified atom stereocenters. The number of rotatable bonds is 5. The number of anilines is 1. The molecule has 0 aliphatic heterocycles. The second kappa shape index (κ2) is 6.78. The van der Waals surface area contributed by atoms with Crippen LogP contribution in [-0.4, -0.2) is 40.2 Å². The second-order valence-electron chi connectivity index (χ2n) is 5.39. The van der Waals surface area contributed by atoms with E-state index in [4.69, 9.17) is 9.47 Å². The van der Waals surface area contributed by atoms with Gasteiger partial charge in [0.05, 0.1) is 25.3 Å². The smallest absolute Gasteiger partial charge is 0.261 e. The normalized spacial score (nSPS) is 12.0. The number of ether oxygens (including phenoxy) is 2. The zero-order valence-corrected chi connectivity index (χ0v) is 14.0. The Hall–Kier alpha value is -3.13. The Morgan fingerprint density at radius 1 is 1.20 bits per heavy atom. The number of carbonyl (C=O) groups is 1. The van der Waals surface area contributed by atoms with Gasteiger partial charge in [-0.2, -0.15) is 4.98 Å². The molecule has 0 aliphatic rings. The third-order valence-corrected chi connectivity index (χ3v) is 3.64. The molecule has 1 amide bonds. The Labute approximate surface area is 143 Å². The molecule has 0 fully saturated rings. The van der Waals surface area contributed by atoms with E-state index in [0.29, 0.717) is 28.4 Å². The van der Waals surface area contributed by atoms with Crippen molar-refractivity contribution in [1.82, 2.24) is 15.0 Å². The summed E-state index contributed by atoms with van der Waals surface area (Å²) >= 11 is 0. The molecule has 0 bridgehead atoms. The monoisotopic (exact) mass is 342 g/mol. The van der Waals surface area contributed by atoms with Gasteiger partial charge in [-0.25, -0.2) is 4.98 Å². The highest BCUT2D eigenvalue weighted by Crippen LogP contribution is 2.23. The molecule has 8 nitrogen and oxygen atoms in total. The molecule has 1 atom stereocenters. The van der Waals surface area contributed by atoms with Crippen molar-refractivity contribution in [3.05, 3.63) is 41.7 Å². The predicted octanol–water partition coefficient (Wildman–Crippen LogP) is 2.28. The summed E-state index contributed by atoms with van der Waals surface area (Å²) in [7, 11) is 2.93. The highest BCUT2D eigenvalue weighted by Gasteiger charge is 2.16. The van der Waals surface area contributed by atoms with Gasteiger partial charge in [-0.05, 0) is 31.2 Å². The van der Waals surface area contributed by atoms with Crippen LogP contribution in [0.4, 0.5) is 5.69 Å². The standard InChI is InChI=1S/C17H18N4O4/c1-9(22)15-19-12-6-4-10(8-13(12)20-15)18-16(23)11-5-7-14(24-2)21-17(11)25-3/h4-9,22H,1-3H3,(H,18,23)(H,19,20). The Kier molecular flexibility index (Phi) is 4.53. The fourth-order valence-electron chi connectivity index (χ4n) is 2.37. The minimum Gasteiger partial charge on any atom is -0.481 e. The van der Waals surface area contributed by atoms with Crippen LogP contribution < -0.4 is 14.8 Å². The van der Waals surface area contributed by atoms with E-state index in [1.54, 1.807) is 37.3 Å². The highest BCUT2D eigenvalue weighted by atomic mass is 16.5. The summed E-state index contributed by atoms with van der Waals surface area (Å²) in [5.74, 6) is 0.648. The molecule has 0 radical (unpaired) electrons. The largest absolute Gasteiger partial charge is 0.481 e. The Morgan fingerprint density at radius 2 is 2.00 bits per heavy atom.